The van der Waals surface area contributed by atoms with Crippen molar-refractivity contribution < 1.29 is 14.3 Å². The van der Waals surface area contributed by atoms with Crippen LogP contribution in [-0.2, 0) is 16.1 Å². The number of nitrogens with zero attached hydrogens (tertiary/aromatic N) is 3. The molecule has 3 amide bonds. The fourth-order valence-corrected chi connectivity index (χ4v) is 2.88. The second kappa shape index (κ2) is 8.48. The van der Waals surface area contributed by atoms with Gasteiger partial charge in [-0.05, 0) is 11.6 Å². The van der Waals surface area contributed by atoms with E-state index in [0.717, 1.165) is 11.3 Å². The third kappa shape index (κ3) is 4.60. The highest BCUT2D eigenvalue weighted by atomic mass is 16.5. The summed E-state index contributed by atoms with van der Waals surface area (Å²) in [5, 5.41) is 5.69. The lowest BCUT2D eigenvalue weighted by Gasteiger charge is -2.33. The highest BCUT2D eigenvalue weighted by Gasteiger charge is 2.24. The molecular weight excluding hydrogens is 334 g/mol. The molecule has 0 aliphatic carbocycles. The average Bonchev–Trinajstić information content (AvgIpc) is 3.19. The van der Waals surface area contributed by atoms with Gasteiger partial charge in [0.05, 0.1) is 31.3 Å². The van der Waals surface area contributed by atoms with Crippen LogP contribution in [0.15, 0.2) is 43.0 Å². The van der Waals surface area contributed by atoms with Gasteiger partial charge < -0.3 is 24.8 Å². The van der Waals surface area contributed by atoms with Crippen molar-refractivity contribution in [2.45, 2.75) is 19.6 Å². The summed E-state index contributed by atoms with van der Waals surface area (Å²) in [6, 6.07) is 7.73. The maximum atomic E-state index is 12.5. The van der Waals surface area contributed by atoms with Crippen molar-refractivity contribution in [3.63, 3.8) is 0 Å². The number of benzene rings is 1. The van der Waals surface area contributed by atoms with E-state index in [2.05, 4.69) is 15.6 Å². The third-order valence-corrected chi connectivity index (χ3v) is 4.21. The zero-order chi connectivity index (χ0) is 18.4. The number of carbonyl (C=O) groups excluding carboxylic acids is 2. The summed E-state index contributed by atoms with van der Waals surface area (Å²) in [7, 11) is 0. The molecule has 1 unspecified atom stereocenters. The van der Waals surface area contributed by atoms with Crippen LogP contribution in [0.2, 0.25) is 0 Å². The Morgan fingerprint density at radius 2 is 2.15 bits per heavy atom. The normalized spacial score (nSPS) is 17.0. The van der Waals surface area contributed by atoms with Gasteiger partial charge in [0.15, 0.2) is 0 Å². The molecular formula is C18H23N5O3. The van der Waals surface area contributed by atoms with E-state index in [1.54, 1.807) is 17.4 Å². The Labute approximate surface area is 152 Å². The molecule has 1 atom stereocenters. The van der Waals surface area contributed by atoms with Gasteiger partial charge in [0.25, 0.3) is 0 Å². The van der Waals surface area contributed by atoms with Gasteiger partial charge in [-0.25, -0.2) is 9.78 Å². The number of hydrogen-bond acceptors (Lipinski definition) is 4. The number of nitrogens with one attached hydrogen (secondary N) is 2. The molecule has 1 fully saturated rings. The minimum atomic E-state index is -0.184. The van der Waals surface area contributed by atoms with Gasteiger partial charge in [-0.2, -0.15) is 0 Å². The first-order valence-corrected chi connectivity index (χ1v) is 8.58. The number of aromatic nitrogens is 2. The lowest BCUT2D eigenvalue weighted by molar-refractivity contribution is -0.120. The number of hydrogen-bond donors (Lipinski definition) is 2. The van der Waals surface area contributed by atoms with Crippen molar-refractivity contribution in [3.8, 4) is 5.69 Å². The highest BCUT2D eigenvalue weighted by Crippen LogP contribution is 2.14. The van der Waals surface area contributed by atoms with Gasteiger partial charge in [0.1, 0.15) is 0 Å². The van der Waals surface area contributed by atoms with Crippen LogP contribution in [0.1, 0.15) is 12.5 Å². The van der Waals surface area contributed by atoms with E-state index in [-0.39, 0.29) is 18.0 Å². The largest absolute Gasteiger partial charge is 0.373 e. The van der Waals surface area contributed by atoms with Crippen molar-refractivity contribution in [3.05, 3.63) is 48.5 Å². The van der Waals surface area contributed by atoms with Crippen LogP contribution in [0.3, 0.4) is 0 Å². The summed E-state index contributed by atoms with van der Waals surface area (Å²) >= 11 is 0. The SMILES string of the molecule is CC(=O)NCC1CN(C(=O)NCc2ccccc2-n2ccnc2)CCO1. The zero-order valence-corrected chi connectivity index (χ0v) is 14.7. The maximum absolute atomic E-state index is 12.5. The first kappa shape index (κ1) is 17.9. The molecule has 0 bridgehead atoms. The van der Waals surface area contributed by atoms with E-state index in [9.17, 15) is 9.59 Å². The van der Waals surface area contributed by atoms with E-state index in [0.29, 0.717) is 32.8 Å². The molecule has 1 aromatic carbocycles. The van der Waals surface area contributed by atoms with Crippen LogP contribution in [-0.4, -0.2) is 58.7 Å². The Balaban J connectivity index is 1.57. The number of rotatable bonds is 5. The molecule has 2 N–H and O–H groups in total. The van der Waals surface area contributed by atoms with E-state index in [4.69, 9.17) is 4.74 Å². The van der Waals surface area contributed by atoms with E-state index in [1.807, 2.05) is 35.0 Å². The minimum absolute atomic E-state index is 0.105. The quantitative estimate of drug-likeness (QED) is 0.833. The predicted octanol–water partition coefficient (Wildman–Crippen LogP) is 0.919. The fourth-order valence-electron chi connectivity index (χ4n) is 2.88. The number of urea groups is 1. The highest BCUT2D eigenvalue weighted by molar-refractivity contribution is 5.74. The smallest absolute Gasteiger partial charge is 0.317 e. The number of ether oxygens (including phenoxy) is 1. The number of amides is 3. The van der Waals surface area contributed by atoms with Crippen LogP contribution < -0.4 is 10.6 Å². The fraction of sp³-hybridized carbons (Fsp3) is 0.389. The maximum Gasteiger partial charge on any atom is 0.317 e. The predicted molar refractivity (Wildman–Crippen MR) is 95.8 cm³/mol. The molecule has 1 aliphatic heterocycles. The van der Waals surface area contributed by atoms with Crippen molar-refractivity contribution in [1.29, 1.82) is 0 Å². The number of para-hydroxylation sites is 1. The first-order valence-electron chi connectivity index (χ1n) is 8.58. The van der Waals surface area contributed by atoms with Gasteiger partial charge in [0.2, 0.25) is 5.91 Å². The summed E-state index contributed by atoms with van der Waals surface area (Å²) < 4.78 is 7.51. The molecule has 26 heavy (non-hydrogen) atoms. The molecule has 2 aromatic rings. The Morgan fingerprint density at radius 1 is 1.31 bits per heavy atom. The van der Waals surface area contributed by atoms with Gasteiger partial charge >= 0.3 is 6.03 Å². The van der Waals surface area contributed by atoms with Gasteiger partial charge in [-0.15, -0.1) is 0 Å². The summed E-state index contributed by atoms with van der Waals surface area (Å²) in [6.45, 7) is 3.73. The zero-order valence-electron chi connectivity index (χ0n) is 14.7. The molecule has 2 heterocycles. The molecule has 1 aliphatic rings. The van der Waals surface area contributed by atoms with Crippen LogP contribution in [0.5, 0.6) is 0 Å². The van der Waals surface area contributed by atoms with Gasteiger partial charge in [-0.3, -0.25) is 4.79 Å². The number of morpholine rings is 1. The third-order valence-electron chi connectivity index (χ3n) is 4.21. The molecule has 0 radical (unpaired) electrons. The van der Waals surface area contributed by atoms with Crippen LogP contribution in [0, 0.1) is 0 Å². The van der Waals surface area contributed by atoms with Crippen molar-refractivity contribution >= 4 is 11.9 Å². The van der Waals surface area contributed by atoms with Crippen molar-refractivity contribution in [1.82, 2.24) is 25.1 Å². The molecule has 8 heteroatoms. The topological polar surface area (TPSA) is 88.5 Å². The van der Waals surface area contributed by atoms with E-state index < -0.39 is 0 Å². The van der Waals surface area contributed by atoms with E-state index in [1.165, 1.54) is 6.92 Å². The van der Waals surface area contributed by atoms with Crippen LogP contribution in [0.25, 0.3) is 5.69 Å². The molecule has 3 rings (SSSR count). The standard InChI is InChI=1S/C18H23N5O3/c1-14(24)20-11-16-12-22(8-9-26-16)18(25)21-10-15-4-2-3-5-17(15)23-7-6-19-13-23/h2-7,13,16H,8-12H2,1H3,(H,20,24)(H,21,25). The summed E-state index contributed by atoms with van der Waals surface area (Å²) in [4.78, 5) is 29.3. The Hall–Kier alpha value is -2.87. The van der Waals surface area contributed by atoms with Gasteiger partial charge in [0, 0.05) is 39.0 Å². The summed E-state index contributed by atoms with van der Waals surface area (Å²) in [5.74, 6) is -0.105. The van der Waals surface area contributed by atoms with E-state index >= 15 is 0 Å². The van der Waals surface area contributed by atoms with Crippen molar-refractivity contribution in [2.24, 2.45) is 0 Å². The summed E-state index contributed by atoms with van der Waals surface area (Å²) in [6.07, 6.45) is 5.14. The second-order valence-electron chi connectivity index (χ2n) is 6.13. The minimum Gasteiger partial charge on any atom is -0.373 e. The lowest BCUT2D eigenvalue weighted by Crippen LogP contribution is -2.52. The average molecular weight is 357 g/mol. The second-order valence-corrected chi connectivity index (χ2v) is 6.13. The Bertz CT molecular complexity index is 747. The van der Waals surface area contributed by atoms with Crippen LogP contribution in [0.4, 0.5) is 4.79 Å². The Morgan fingerprint density at radius 3 is 2.92 bits per heavy atom. The molecule has 1 aromatic heterocycles. The monoisotopic (exact) mass is 357 g/mol. The molecule has 0 spiro atoms. The lowest BCUT2D eigenvalue weighted by atomic mass is 10.1. The molecule has 8 nitrogen and oxygen atoms in total. The van der Waals surface area contributed by atoms with Crippen molar-refractivity contribution in [2.75, 3.05) is 26.2 Å². The number of imidazole rings is 1. The number of carbonyl (C=O) groups is 2. The summed E-state index contributed by atoms with van der Waals surface area (Å²) in [5.41, 5.74) is 1.98. The first-order chi connectivity index (χ1) is 12.6. The molecule has 1 saturated heterocycles. The Kier molecular flexibility index (Phi) is 5.85. The van der Waals surface area contributed by atoms with Crippen LogP contribution >= 0.6 is 0 Å². The molecule has 138 valence electrons. The van der Waals surface area contributed by atoms with Gasteiger partial charge in [-0.1, -0.05) is 18.2 Å². The molecule has 0 saturated carbocycles.